The fourth-order valence-electron chi connectivity index (χ4n) is 3.20. The Morgan fingerprint density at radius 3 is 2.77 bits per heavy atom. The summed E-state index contributed by atoms with van der Waals surface area (Å²) in [4.78, 5) is 21.6. The molecule has 3 aromatic rings. The number of sulfonamides is 1. The van der Waals surface area contributed by atoms with Crippen molar-refractivity contribution in [1.29, 1.82) is 0 Å². The molecule has 0 spiro atoms. The van der Waals surface area contributed by atoms with Crippen molar-refractivity contribution in [3.63, 3.8) is 0 Å². The van der Waals surface area contributed by atoms with E-state index < -0.39 is 33.6 Å². The highest BCUT2D eigenvalue weighted by Gasteiger charge is 2.32. The molecule has 0 fully saturated rings. The quantitative estimate of drug-likeness (QED) is 0.579. The van der Waals surface area contributed by atoms with Crippen LogP contribution in [0.25, 0.3) is 10.2 Å². The molecule has 1 aliphatic heterocycles. The number of anilines is 1. The number of hydrogen-bond donors (Lipinski definition) is 2. The lowest BCUT2D eigenvalue weighted by Crippen LogP contribution is -2.30. The average Bonchev–Trinajstić information content (AvgIpc) is 3.22. The molecule has 0 bridgehead atoms. The van der Waals surface area contributed by atoms with Crippen molar-refractivity contribution in [2.24, 2.45) is 4.99 Å². The van der Waals surface area contributed by atoms with Gasteiger partial charge >= 0.3 is 0 Å². The van der Waals surface area contributed by atoms with Crippen LogP contribution in [-0.2, 0) is 14.8 Å². The minimum absolute atomic E-state index is 0.110. The number of carbonyl (C=O) groups is 1. The monoisotopic (exact) mass is 464 g/mol. The maximum absolute atomic E-state index is 13.4. The molecule has 0 aliphatic carbocycles. The van der Waals surface area contributed by atoms with Crippen LogP contribution in [0.1, 0.15) is 31.7 Å². The SMILES string of the molecule is CCCCC(N=C1NS(=O)(=O)c2ccccc21)C(=O)Nc1nc2cc(F)c(F)cc2s1. The minimum atomic E-state index is -3.72. The number of fused-ring (bicyclic) bond motifs is 2. The molecule has 1 aliphatic rings. The number of hydrogen-bond acceptors (Lipinski definition) is 6. The van der Waals surface area contributed by atoms with Gasteiger partial charge in [0.25, 0.3) is 15.9 Å². The predicted octanol–water partition coefficient (Wildman–Crippen LogP) is 3.81. The number of nitrogens with one attached hydrogen (secondary N) is 2. The second-order valence-electron chi connectivity index (χ2n) is 6.98. The van der Waals surface area contributed by atoms with E-state index in [1.165, 1.54) is 6.07 Å². The van der Waals surface area contributed by atoms with Gasteiger partial charge in [0.1, 0.15) is 11.9 Å². The summed E-state index contributed by atoms with van der Waals surface area (Å²) in [5.74, 6) is -2.38. The molecule has 2 aromatic carbocycles. The lowest BCUT2D eigenvalue weighted by Gasteiger charge is -2.12. The first kappa shape index (κ1) is 21.3. The number of aromatic nitrogens is 1. The first-order valence-electron chi connectivity index (χ1n) is 9.55. The van der Waals surface area contributed by atoms with Gasteiger partial charge in [-0.1, -0.05) is 43.2 Å². The molecule has 2 N–H and O–H groups in total. The Bertz CT molecular complexity index is 1270. The molecule has 2 heterocycles. The number of amidine groups is 1. The molecule has 0 radical (unpaired) electrons. The maximum atomic E-state index is 13.4. The largest absolute Gasteiger partial charge is 0.300 e. The first-order valence-corrected chi connectivity index (χ1v) is 11.8. The summed E-state index contributed by atoms with van der Waals surface area (Å²) >= 11 is 1.01. The third-order valence-corrected chi connectivity index (χ3v) is 7.07. The molecule has 7 nitrogen and oxygen atoms in total. The molecule has 31 heavy (non-hydrogen) atoms. The summed E-state index contributed by atoms with van der Waals surface area (Å²) in [6.07, 6.45) is 1.90. The summed E-state index contributed by atoms with van der Waals surface area (Å²) < 4.78 is 54.3. The van der Waals surface area contributed by atoms with E-state index in [4.69, 9.17) is 0 Å². The van der Waals surface area contributed by atoms with Gasteiger partial charge in [0.2, 0.25) is 0 Å². The fourth-order valence-corrected chi connectivity index (χ4v) is 5.32. The van der Waals surface area contributed by atoms with Crippen molar-refractivity contribution < 1.29 is 22.0 Å². The van der Waals surface area contributed by atoms with Gasteiger partial charge in [0.05, 0.1) is 15.1 Å². The van der Waals surface area contributed by atoms with Crippen molar-refractivity contribution in [1.82, 2.24) is 9.71 Å². The third-order valence-electron chi connectivity index (χ3n) is 4.74. The molecule has 162 valence electrons. The van der Waals surface area contributed by atoms with E-state index in [0.717, 1.165) is 29.9 Å². The highest BCUT2D eigenvalue weighted by molar-refractivity contribution is 7.90. The number of rotatable bonds is 6. The highest BCUT2D eigenvalue weighted by atomic mass is 32.2. The van der Waals surface area contributed by atoms with Gasteiger partial charge in [0.15, 0.2) is 16.8 Å². The lowest BCUT2D eigenvalue weighted by atomic mass is 10.1. The Morgan fingerprint density at radius 1 is 1.26 bits per heavy atom. The first-order chi connectivity index (χ1) is 14.8. The van der Waals surface area contributed by atoms with Gasteiger partial charge < -0.3 is 5.32 Å². The van der Waals surface area contributed by atoms with Crippen LogP contribution in [-0.4, -0.2) is 31.2 Å². The second-order valence-corrected chi connectivity index (χ2v) is 9.66. The van der Waals surface area contributed by atoms with Crippen molar-refractivity contribution >= 4 is 48.5 Å². The van der Waals surface area contributed by atoms with E-state index >= 15 is 0 Å². The van der Waals surface area contributed by atoms with E-state index in [0.29, 0.717) is 23.1 Å². The van der Waals surface area contributed by atoms with Crippen LogP contribution in [0, 0.1) is 11.6 Å². The molecule has 4 rings (SSSR count). The number of aliphatic imine (C=N–C) groups is 1. The van der Waals surface area contributed by atoms with Gasteiger partial charge in [-0.3, -0.25) is 14.5 Å². The van der Waals surface area contributed by atoms with E-state index in [-0.39, 0.29) is 21.4 Å². The van der Waals surface area contributed by atoms with Crippen molar-refractivity contribution in [2.75, 3.05) is 5.32 Å². The summed E-state index contributed by atoms with van der Waals surface area (Å²) in [5, 5.41) is 2.82. The Balaban J connectivity index is 1.63. The fraction of sp³-hybridized carbons (Fsp3) is 0.250. The van der Waals surface area contributed by atoms with Crippen molar-refractivity contribution in [3.05, 3.63) is 53.6 Å². The number of unbranched alkanes of at least 4 members (excludes halogenated alkanes) is 1. The summed E-state index contributed by atoms with van der Waals surface area (Å²) in [5.41, 5.74) is 0.635. The Morgan fingerprint density at radius 2 is 2.00 bits per heavy atom. The zero-order valence-corrected chi connectivity index (χ0v) is 18.0. The number of amides is 1. The Labute approximate surface area is 181 Å². The lowest BCUT2D eigenvalue weighted by molar-refractivity contribution is -0.117. The van der Waals surface area contributed by atoms with E-state index in [1.807, 2.05) is 6.92 Å². The Hall–Kier alpha value is -2.92. The number of thiazole rings is 1. The zero-order valence-electron chi connectivity index (χ0n) is 16.4. The number of carbonyl (C=O) groups excluding carboxylic acids is 1. The molecule has 1 atom stereocenters. The number of halogens is 2. The molecular weight excluding hydrogens is 446 g/mol. The maximum Gasteiger partial charge on any atom is 0.263 e. The standard InChI is InChI=1S/C20H18F2N4O3S2/c1-2-3-7-14(23-18-11-6-4-5-8-17(11)31(28,29)26-18)19(27)25-20-24-15-9-12(21)13(22)10-16(15)30-20/h4-6,8-10,14H,2-3,7H2,1H3,(H,23,26)(H,24,25,27). The van der Waals surface area contributed by atoms with Crippen LogP contribution < -0.4 is 10.0 Å². The van der Waals surface area contributed by atoms with Crippen LogP contribution >= 0.6 is 11.3 Å². The number of nitrogens with zero attached hydrogens (tertiary/aromatic N) is 2. The molecular formula is C20H18F2N4O3S2. The molecule has 0 saturated heterocycles. The van der Waals surface area contributed by atoms with Gasteiger partial charge in [-0.25, -0.2) is 22.2 Å². The molecule has 1 aromatic heterocycles. The van der Waals surface area contributed by atoms with Gasteiger partial charge in [-0.05, 0) is 24.6 Å². The van der Waals surface area contributed by atoms with Crippen molar-refractivity contribution in [2.45, 2.75) is 37.1 Å². The van der Waals surface area contributed by atoms with Crippen LogP contribution in [0.15, 0.2) is 46.3 Å². The summed E-state index contributed by atoms with van der Waals surface area (Å²) in [6.45, 7) is 1.96. The highest BCUT2D eigenvalue weighted by Crippen LogP contribution is 2.28. The van der Waals surface area contributed by atoms with E-state index in [2.05, 4.69) is 20.0 Å². The van der Waals surface area contributed by atoms with Crippen molar-refractivity contribution in [3.8, 4) is 0 Å². The van der Waals surface area contributed by atoms with E-state index in [1.54, 1.807) is 18.2 Å². The van der Waals surface area contributed by atoms with Crippen LogP contribution in [0.4, 0.5) is 13.9 Å². The molecule has 11 heteroatoms. The second kappa shape index (κ2) is 8.31. The smallest absolute Gasteiger partial charge is 0.263 e. The number of benzene rings is 2. The van der Waals surface area contributed by atoms with Gasteiger partial charge in [-0.15, -0.1) is 0 Å². The average molecular weight is 465 g/mol. The van der Waals surface area contributed by atoms with Gasteiger partial charge in [0, 0.05) is 11.6 Å². The summed E-state index contributed by atoms with van der Waals surface area (Å²) in [6, 6.07) is 7.52. The normalized spacial score (nSPS) is 16.8. The van der Waals surface area contributed by atoms with E-state index in [9.17, 15) is 22.0 Å². The predicted molar refractivity (Wildman–Crippen MR) is 115 cm³/mol. The topological polar surface area (TPSA) is 101 Å². The zero-order chi connectivity index (χ0) is 22.2. The summed E-state index contributed by atoms with van der Waals surface area (Å²) in [7, 11) is -3.72. The van der Waals surface area contributed by atoms with Gasteiger partial charge in [-0.2, -0.15) is 0 Å². The minimum Gasteiger partial charge on any atom is -0.300 e. The van der Waals surface area contributed by atoms with Crippen LogP contribution in [0.5, 0.6) is 0 Å². The molecule has 1 amide bonds. The molecule has 0 saturated carbocycles. The molecule has 1 unspecified atom stereocenters. The third kappa shape index (κ3) is 4.28. The van der Waals surface area contributed by atoms with Crippen LogP contribution in [0.2, 0.25) is 0 Å². The Kier molecular flexibility index (Phi) is 5.71. The van der Waals surface area contributed by atoms with Crippen LogP contribution in [0.3, 0.4) is 0 Å².